The summed E-state index contributed by atoms with van der Waals surface area (Å²) in [7, 11) is 0. The molecule has 220 valence electrons. The standard InChI is InChI=1S/C43H27N3O/c1-4-14-28(15-5-1)31-20-12-21-32(26-31)42-44-41(30-18-8-3-9-19-30)45-43(46-42)35-24-13-25-38-39(35)37-27-36(29-16-6-2-7-17-29)33-22-10-11-23-34(33)40(37)47-38/h1-27H. The fourth-order valence-corrected chi connectivity index (χ4v) is 6.50. The third-order valence-electron chi connectivity index (χ3n) is 8.72. The van der Waals surface area contributed by atoms with E-state index in [-0.39, 0.29) is 0 Å². The number of rotatable bonds is 5. The van der Waals surface area contributed by atoms with E-state index in [9.17, 15) is 0 Å². The summed E-state index contributed by atoms with van der Waals surface area (Å²) in [5.74, 6) is 1.84. The highest BCUT2D eigenvalue weighted by Gasteiger charge is 2.20. The molecule has 2 heterocycles. The van der Waals surface area contributed by atoms with Crippen LogP contribution >= 0.6 is 0 Å². The first kappa shape index (κ1) is 27.0. The molecule has 0 aliphatic rings. The number of aromatic nitrogens is 3. The van der Waals surface area contributed by atoms with Crippen molar-refractivity contribution in [3.8, 4) is 56.4 Å². The van der Waals surface area contributed by atoms with Crippen molar-refractivity contribution in [3.05, 3.63) is 164 Å². The summed E-state index contributed by atoms with van der Waals surface area (Å²) < 4.78 is 6.64. The number of nitrogens with zero attached hydrogens (tertiary/aromatic N) is 3. The van der Waals surface area contributed by atoms with Gasteiger partial charge in [-0.3, -0.25) is 0 Å². The molecule has 7 aromatic carbocycles. The molecular weight excluding hydrogens is 574 g/mol. The van der Waals surface area contributed by atoms with Crippen LogP contribution in [0.3, 0.4) is 0 Å². The summed E-state index contributed by atoms with van der Waals surface area (Å²) in [6.07, 6.45) is 0. The minimum absolute atomic E-state index is 0.599. The Morgan fingerprint density at radius 1 is 0.340 bits per heavy atom. The van der Waals surface area contributed by atoms with Gasteiger partial charge in [-0.25, -0.2) is 15.0 Å². The Hall–Kier alpha value is -6.39. The molecule has 0 fully saturated rings. The largest absolute Gasteiger partial charge is 0.455 e. The minimum Gasteiger partial charge on any atom is -0.455 e. The van der Waals surface area contributed by atoms with Crippen LogP contribution in [0.1, 0.15) is 0 Å². The molecule has 0 spiro atoms. The summed E-state index contributed by atoms with van der Waals surface area (Å²) >= 11 is 0. The first-order valence-electron chi connectivity index (χ1n) is 15.7. The quantitative estimate of drug-likeness (QED) is 0.197. The van der Waals surface area contributed by atoms with Crippen LogP contribution in [0, 0.1) is 0 Å². The third-order valence-corrected chi connectivity index (χ3v) is 8.72. The van der Waals surface area contributed by atoms with Gasteiger partial charge in [0, 0.05) is 32.8 Å². The third kappa shape index (κ3) is 4.75. The molecule has 9 aromatic rings. The highest BCUT2D eigenvalue weighted by Crippen LogP contribution is 2.42. The maximum absolute atomic E-state index is 6.64. The van der Waals surface area contributed by atoms with Gasteiger partial charge in [-0.2, -0.15) is 0 Å². The molecule has 0 atom stereocenters. The number of hydrogen-bond donors (Lipinski definition) is 0. The summed E-state index contributed by atoms with van der Waals surface area (Å²) in [5, 5.41) is 4.24. The molecule has 4 heteroatoms. The van der Waals surface area contributed by atoms with Gasteiger partial charge in [0.15, 0.2) is 17.5 Å². The smallest absolute Gasteiger partial charge is 0.164 e. The van der Waals surface area contributed by atoms with E-state index in [0.717, 1.165) is 71.7 Å². The van der Waals surface area contributed by atoms with Gasteiger partial charge in [0.25, 0.3) is 0 Å². The Labute approximate surface area is 271 Å². The molecule has 0 radical (unpaired) electrons. The van der Waals surface area contributed by atoms with Gasteiger partial charge in [0.05, 0.1) is 0 Å². The Morgan fingerprint density at radius 2 is 0.894 bits per heavy atom. The van der Waals surface area contributed by atoms with Crippen molar-refractivity contribution in [3.63, 3.8) is 0 Å². The number of fused-ring (bicyclic) bond motifs is 5. The van der Waals surface area contributed by atoms with Gasteiger partial charge in [-0.1, -0.05) is 146 Å². The molecule has 0 saturated heterocycles. The average molecular weight is 602 g/mol. The predicted octanol–water partition coefficient (Wildman–Crippen LogP) is 11.3. The lowest BCUT2D eigenvalue weighted by molar-refractivity contribution is 0.673. The predicted molar refractivity (Wildman–Crippen MR) is 192 cm³/mol. The first-order chi connectivity index (χ1) is 23.3. The van der Waals surface area contributed by atoms with Crippen LogP contribution in [-0.2, 0) is 0 Å². The topological polar surface area (TPSA) is 51.8 Å². The number of furan rings is 1. The SMILES string of the molecule is c1ccc(-c2cccc(-c3nc(-c4ccccc4)nc(-c4cccc5oc6c7ccccc7c(-c7ccccc7)cc6c45)n3)c2)cc1. The molecule has 4 nitrogen and oxygen atoms in total. The lowest BCUT2D eigenvalue weighted by Gasteiger charge is -2.11. The summed E-state index contributed by atoms with van der Waals surface area (Å²) in [6.45, 7) is 0. The molecular formula is C43H27N3O. The van der Waals surface area contributed by atoms with E-state index in [4.69, 9.17) is 19.4 Å². The molecule has 0 N–H and O–H groups in total. The van der Waals surface area contributed by atoms with Gasteiger partial charge < -0.3 is 4.42 Å². The van der Waals surface area contributed by atoms with Crippen LogP contribution in [0.4, 0.5) is 0 Å². The lowest BCUT2D eigenvalue weighted by atomic mass is 9.94. The van der Waals surface area contributed by atoms with Crippen molar-refractivity contribution in [2.45, 2.75) is 0 Å². The van der Waals surface area contributed by atoms with Gasteiger partial charge in [0.1, 0.15) is 11.2 Å². The Balaban J connectivity index is 1.31. The van der Waals surface area contributed by atoms with E-state index in [1.807, 2.05) is 54.6 Å². The molecule has 47 heavy (non-hydrogen) atoms. The van der Waals surface area contributed by atoms with Crippen LogP contribution in [0.15, 0.2) is 168 Å². The second kappa shape index (κ2) is 11.2. The maximum Gasteiger partial charge on any atom is 0.164 e. The van der Waals surface area contributed by atoms with Gasteiger partial charge in [-0.05, 0) is 45.8 Å². The zero-order valence-corrected chi connectivity index (χ0v) is 25.3. The summed E-state index contributed by atoms with van der Waals surface area (Å²) in [6, 6.07) is 56.2. The molecule has 0 aliphatic carbocycles. The maximum atomic E-state index is 6.64. The van der Waals surface area contributed by atoms with Crippen molar-refractivity contribution in [2.24, 2.45) is 0 Å². The van der Waals surface area contributed by atoms with Crippen LogP contribution in [0.25, 0.3) is 89.1 Å². The minimum atomic E-state index is 0.599. The number of benzene rings is 7. The molecule has 2 aromatic heterocycles. The van der Waals surface area contributed by atoms with E-state index in [1.165, 1.54) is 0 Å². The Bertz CT molecular complexity index is 2560. The fraction of sp³-hybridized carbons (Fsp3) is 0. The molecule has 9 rings (SSSR count). The van der Waals surface area contributed by atoms with Crippen molar-refractivity contribution in [1.29, 1.82) is 0 Å². The Kier molecular flexibility index (Phi) is 6.43. The van der Waals surface area contributed by atoms with E-state index >= 15 is 0 Å². The van der Waals surface area contributed by atoms with E-state index < -0.39 is 0 Å². The lowest BCUT2D eigenvalue weighted by Crippen LogP contribution is -2.00. The normalized spacial score (nSPS) is 11.4. The van der Waals surface area contributed by atoms with Crippen LogP contribution < -0.4 is 0 Å². The highest BCUT2D eigenvalue weighted by atomic mass is 16.3. The number of hydrogen-bond acceptors (Lipinski definition) is 4. The fourth-order valence-electron chi connectivity index (χ4n) is 6.50. The molecule has 0 unspecified atom stereocenters. The molecule has 0 bridgehead atoms. The zero-order valence-electron chi connectivity index (χ0n) is 25.3. The Morgan fingerprint density at radius 3 is 1.64 bits per heavy atom. The first-order valence-corrected chi connectivity index (χ1v) is 15.7. The second-order valence-electron chi connectivity index (χ2n) is 11.6. The van der Waals surface area contributed by atoms with Gasteiger partial charge in [0.2, 0.25) is 0 Å². The van der Waals surface area contributed by atoms with Gasteiger partial charge >= 0.3 is 0 Å². The molecule has 0 amide bonds. The summed E-state index contributed by atoms with van der Waals surface area (Å²) in [5.41, 5.74) is 8.97. The van der Waals surface area contributed by atoms with E-state index in [1.54, 1.807) is 0 Å². The highest BCUT2D eigenvalue weighted by molar-refractivity contribution is 6.21. The van der Waals surface area contributed by atoms with Crippen molar-refractivity contribution in [1.82, 2.24) is 15.0 Å². The molecule has 0 saturated carbocycles. The van der Waals surface area contributed by atoms with Crippen molar-refractivity contribution >= 4 is 32.7 Å². The van der Waals surface area contributed by atoms with Crippen molar-refractivity contribution < 1.29 is 4.42 Å². The zero-order chi connectivity index (χ0) is 31.2. The van der Waals surface area contributed by atoms with Crippen LogP contribution in [0.2, 0.25) is 0 Å². The van der Waals surface area contributed by atoms with Gasteiger partial charge in [-0.15, -0.1) is 0 Å². The summed E-state index contributed by atoms with van der Waals surface area (Å²) in [4.78, 5) is 15.3. The van der Waals surface area contributed by atoms with E-state index in [2.05, 4.69) is 109 Å². The van der Waals surface area contributed by atoms with E-state index in [0.29, 0.717) is 17.5 Å². The second-order valence-corrected chi connectivity index (χ2v) is 11.6. The van der Waals surface area contributed by atoms with Crippen LogP contribution in [-0.4, -0.2) is 15.0 Å². The van der Waals surface area contributed by atoms with Crippen molar-refractivity contribution in [2.75, 3.05) is 0 Å². The average Bonchev–Trinajstić information content (AvgIpc) is 3.55. The monoisotopic (exact) mass is 601 g/mol. The molecule has 0 aliphatic heterocycles. The van der Waals surface area contributed by atoms with Crippen LogP contribution in [0.5, 0.6) is 0 Å².